The predicted octanol–water partition coefficient (Wildman–Crippen LogP) is 4.68. The first-order chi connectivity index (χ1) is 13.1. The molecule has 1 fully saturated rings. The predicted molar refractivity (Wildman–Crippen MR) is 114 cm³/mol. The van der Waals surface area contributed by atoms with E-state index in [-0.39, 0.29) is 11.2 Å². The molecule has 2 aromatic rings. The van der Waals surface area contributed by atoms with E-state index in [1.807, 2.05) is 25.1 Å². The molecule has 0 saturated heterocycles. The third-order valence-corrected chi connectivity index (χ3v) is 6.98. The number of aromatic nitrogens is 2. The van der Waals surface area contributed by atoms with Crippen LogP contribution in [0, 0.1) is 0 Å². The van der Waals surface area contributed by atoms with Gasteiger partial charge in [-0.3, -0.25) is 4.79 Å². The van der Waals surface area contributed by atoms with Gasteiger partial charge in [-0.2, -0.15) is 0 Å². The monoisotopic (exact) mass is 404 g/mol. The molecule has 1 saturated carbocycles. The van der Waals surface area contributed by atoms with Gasteiger partial charge in [-0.1, -0.05) is 79.6 Å². The Morgan fingerprint density at radius 3 is 2.67 bits per heavy atom. The van der Waals surface area contributed by atoms with Gasteiger partial charge in [0, 0.05) is 12.6 Å². The van der Waals surface area contributed by atoms with Crippen molar-refractivity contribution >= 4 is 34.1 Å². The van der Waals surface area contributed by atoms with E-state index >= 15 is 0 Å². The minimum Gasteiger partial charge on any atom is -0.357 e. The first kappa shape index (κ1) is 20.1. The Morgan fingerprint density at radius 2 is 1.93 bits per heavy atom. The van der Waals surface area contributed by atoms with Crippen LogP contribution in [0.1, 0.15) is 57.4 Å². The summed E-state index contributed by atoms with van der Waals surface area (Å²) in [5.41, 5.74) is 1.24. The molecule has 0 spiro atoms. The van der Waals surface area contributed by atoms with Crippen LogP contribution < -0.4 is 10.6 Å². The molecule has 7 heteroatoms. The Hall–Kier alpha value is -1.60. The van der Waals surface area contributed by atoms with Crippen LogP contribution in [0.4, 0.5) is 5.13 Å². The standard InChI is InChI=1S/C20H28N4OS2/c1-14(16-9-5-3-6-10-16)13-21-18(25)15(2)26-20-24-23-19(27-20)22-17-11-7-4-8-12-17/h3,5-6,9-10,14-15,17H,4,7-8,11-13H2,1-2H3,(H,21,25)(H,22,23). The van der Waals surface area contributed by atoms with Gasteiger partial charge in [0.25, 0.3) is 0 Å². The summed E-state index contributed by atoms with van der Waals surface area (Å²) in [6.45, 7) is 4.68. The largest absolute Gasteiger partial charge is 0.357 e. The second-order valence-electron chi connectivity index (χ2n) is 7.17. The van der Waals surface area contributed by atoms with Gasteiger partial charge in [-0.25, -0.2) is 0 Å². The molecule has 2 atom stereocenters. The van der Waals surface area contributed by atoms with Crippen LogP contribution in [-0.2, 0) is 4.79 Å². The van der Waals surface area contributed by atoms with E-state index in [1.165, 1.54) is 49.4 Å². The minimum atomic E-state index is -0.191. The highest BCUT2D eigenvalue weighted by molar-refractivity contribution is 8.02. The molecule has 0 aliphatic heterocycles. The molecule has 0 radical (unpaired) electrons. The summed E-state index contributed by atoms with van der Waals surface area (Å²) in [5.74, 6) is 0.333. The molecule has 2 unspecified atom stereocenters. The number of nitrogens with zero attached hydrogens (tertiary/aromatic N) is 2. The molecule has 1 heterocycles. The number of benzene rings is 1. The van der Waals surface area contributed by atoms with Crippen LogP contribution in [-0.4, -0.2) is 33.9 Å². The summed E-state index contributed by atoms with van der Waals surface area (Å²) in [7, 11) is 0. The number of amides is 1. The van der Waals surface area contributed by atoms with Crippen molar-refractivity contribution in [3.63, 3.8) is 0 Å². The zero-order valence-electron chi connectivity index (χ0n) is 16.0. The first-order valence-corrected chi connectivity index (χ1v) is 11.4. The fraction of sp³-hybridized carbons (Fsp3) is 0.550. The highest BCUT2D eigenvalue weighted by Crippen LogP contribution is 2.30. The van der Waals surface area contributed by atoms with Gasteiger partial charge in [0.05, 0.1) is 5.25 Å². The Morgan fingerprint density at radius 1 is 1.19 bits per heavy atom. The fourth-order valence-corrected chi connectivity index (χ4v) is 5.24. The van der Waals surface area contributed by atoms with Crippen LogP contribution in [0.2, 0.25) is 0 Å². The van der Waals surface area contributed by atoms with Crippen molar-refractivity contribution in [2.45, 2.75) is 67.5 Å². The second-order valence-corrected chi connectivity index (χ2v) is 9.73. The molecular formula is C20H28N4OS2. The molecule has 1 aliphatic carbocycles. The number of hydrogen-bond donors (Lipinski definition) is 2. The number of rotatable bonds is 8. The normalized spacial score (nSPS) is 17.3. The van der Waals surface area contributed by atoms with Crippen LogP contribution in [0.3, 0.4) is 0 Å². The van der Waals surface area contributed by atoms with Crippen LogP contribution >= 0.6 is 23.1 Å². The Bertz CT molecular complexity index is 716. The lowest BCUT2D eigenvalue weighted by Gasteiger charge is -2.21. The lowest BCUT2D eigenvalue weighted by Crippen LogP contribution is -2.33. The van der Waals surface area contributed by atoms with E-state index in [9.17, 15) is 4.79 Å². The highest BCUT2D eigenvalue weighted by Gasteiger charge is 2.19. The van der Waals surface area contributed by atoms with Crippen molar-refractivity contribution in [3.05, 3.63) is 35.9 Å². The fourth-order valence-electron chi connectivity index (χ4n) is 3.24. The number of carbonyl (C=O) groups is 1. The Kier molecular flexibility index (Phi) is 7.52. The van der Waals surface area contributed by atoms with E-state index in [4.69, 9.17) is 0 Å². The summed E-state index contributed by atoms with van der Waals surface area (Å²) in [6, 6.07) is 10.8. The quantitative estimate of drug-likeness (QED) is 0.625. The van der Waals surface area contributed by atoms with Gasteiger partial charge < -0.3 is 10.6 Å². The average Bonchev–Trinajstić information content (AvgIpc) is 3.14. The van der Waals surface area contributed by atoms with E-state index in [1.54, 1.807) is 11.3 Å². The Labute approximate surface area is 169 Å². The molecule has 1 aromatic heterocycles. The molecule has 1 amide bonds. The molecule has 1 aliphatic rings. The number of thioether (sulfide) groups is 1. The van der Waals surface area contributed by atoms with E-state index < -0.39 is 0 Å². The lowest BCUT2D eigenvalue weighted by atomic mass is 9.96. The maximum Gasteiger partial charge on any atom is 0.233 e. The number of carbonyl (C=O) groups excluding carboxylic acids is 1. The summed E-state index contributed by atoms with van der Waals surface area (Å²) in [6.07, 6.45) is 6.33. The maximum absolute atomic E-state index is 12.4. The minimum absolute atomic E-state index is 0.0415. The third kappa shape index (κ3) is 6.21. The van der Waals surface area contributed by atoms with Gasteiger partial charge in [0.2, 0.25) is 11.0 Å². The topological polar surface area (TPSA) is 66.9 Å². The number of hydrogen-bond acceptors (Lipinski definition) is 6. The van der Waals surface area contributed by atoms with E-state index in [0.29, 0.717) is 18.5 Å². The van der Waals surface area contributed by atoms with Gasteiger partial charge >= 0.3 is 0 Å². The van der Waals surface area contributed by atoms with Crippen LogP contribution in [0.5, 0.6) is 0 Å². The van der Waals surface area contributed by atoms with Gasteiger partial charge in [-0.05, 0) is 31.2 Å². The van der Waals surface area contributed by atoms with Crippen molar-refractivity contribution < 1.29 is 4.79 Å². The first-order valence-electron chi connectivity index (χ1n) is 9.71. The van der Waals surface area contributed by atoms with Crippen LogP contribution in [0.25, 0.3) is 0 Å². The third-order valence-electron chi connectivity index (χ3n) is 4.94. The van der Waals surface area contributed by atoms with Gasteiger partial charge in [0.1, 0.15) is 0 Å². The van der Waals surface area contributed by atoms with Crippen molar-refractivity contribution in [2.75, 3.05) is 11.9 Å². The molecule has 3 rings (SSSR count). The average molecular weight is 405 g/mol. The highest BCUT2D eigenvalue weighted by atomic mass is 32.2. The summed E-state index contributed by atoms with van der Waals surface area (Å²) < 4.78 is 0.840. The summed E-state index contributed by atoms with van der Waals surface area (Å²) in [4.78, 5) is 12.4. The van der Waals surface area contributed by atoms with E-state index in [2.05, 4.69) is 39.9 Å². The van der Waals surface area contributed by atoms with Crippen molar-refractivity contribution in [1.29, 1.82) is 0 Å². The molecule has 27 heavy (non-hydrogen) atoms. The molecule has 0 bridgehead atoms. The molecule has 146 valence electrons. The van der Waals surface area contributed by atoms with Crippen LogP contribution in [0.15, 0.2) is 34.7 Å². The second kappa shape index (κ2) is 10.1. The summed E-state index contributed by atoms with van der Waals surface area (Å²) in [5, 5.41) is 15.7. The molecule has 1 aromatic carbocycles. The van der Waals surface area contributed by atoms with Crippen molar-refractivity contribution in [3.8, 4) is 0 Å². The van der Waals surface area contributed by atoms with E-state index in [0.717, 1.165) is 9.47 Å². The number of nitrogens with one attached hydrogen (secondary N) is 2. The summed E-state index contributed by atoms with van der Waals surface area (Å²) >= 11 is 3.02. The molecule has 5 nitrogen and oxygen atoms in total. The zero-order valence-corrected chi connectivity index (χ0v) is 17.6. The Balaban J connectivity index is 1.44. The van der Waals surface area contributed by atoms with Gasteiger partial charge in [0.15, 0.2) is 4.34 Å². The maximum atomic E-state index is 12.4. The van der Waals surface area contributed by atoms with Crippen molar-refractivity contribution in [2.24, 2.45) is 0 Å². The van der Waals surface area contributed by atoms with Gasteiger partial charge in [-0.15, -0.1) is 10.2 Å². The molecular weight excluding hydrogens is 376 g/mol. The smallest absolute Gasteiger partial charge is 0.233 e. The number of anilines is 1. The zero-order chi connectivity index (χ0) is 19.1. The SMILES string of the molecule is CC(Sc1nnc(NC2CCCCC2)s1)C(=O)NCC(C)c1ccccc1. The lowest BCUT2D eigenvalue weighted by molar-refractivity contribution is -0.120. The molecule has 2 N–H and O–H groups in total. The van der Waals surface area contributed by atoms with Crippen molar-refractivity contribution in [1.82, 2.24) is 15.5 Å².